The van der Waals surface area contributed by atoms with Crippen LogP contribution in [0.5, 0.6) is 0 Å². The fourth-order valence-electron chi connectivity index (χ4n) is 1.92. The van der Waals surface area contributed by atoms with E-state index < -0.39 is 18.2 Å². The summed E-state index contributed by atoms with van der Waals surface area (Å²) in [6.07, 6.45) is -4.94. The molecule has 1 aliphatic heterocycles. The largest absolute Gasteiger partial charge is 0.490 e. The lowest BCUT2D eigenvalue weighted by Crippen LogP contribution is -2.40. The van der Waals surface area contributed by atoms with Crippen LogP contribution in [0.3, 0.4) is 0 Å². The summed E-state index contributed by atoms with van der Waals surface area (Å²) < 4.78 is 45.5. The number of piperidine rings is 1. The highest BCUT2D eigenvalue weighted by Crippen LogP contribution is 2.24. The number of nitrogens with zero attached hydrogens (tertiary/aromatic N) is 2. The van der Waals surface area contributed by atoms with E-state index in [-0.39, 0.29) is 0 Å². The molecule has 0 radical (unpaired) electrons. The molecule has 0 N–H and O–H groups in total. The Hall–Kier alpha value is -1.73. The summed E-state index contributed by atoms with van der Waals surface area (Å²) in [4.78, 5) is 12.6. The van der Waals surface area contributed by atoms with Crippen LogP contribution < -0.4 is 4.90 Å². The summed E-state index contributed by atoms with van der Waals surface area (Å²) in [7, 11) is 0. The first-order valence-corrected chi connectivity index (χ1v) is 5.82. The Morgan fingerprint density at radius 1 is 1.47 bits per heavy atom. The quantitative estimate of drug-likeness (QED) is 0.775. The van der Waals surface area contributed by atoms with E-state index in [0.717, 1.165) is 0 Å². The molecule has 0 atom stereocenters. The SMILES string of the molecule is Cc1cc(N2CCC(OC(=O)C(F)(F)F)CC2)no1. The maximum Gasteiger partial charge on any atom is 0.490 e. The topological polar surface area (TPSA) is 55.6 Å². The van der Waals surface area contributed by atoms with Crippen LogP contribution in [0, 0.1) is 6.92 Å². The summed E-state index contributed by atoms with van der Waals surface area (Å²) in [5.41, 5.74) is 0. The highest BCUT2D eigenvalue weighted by atomic mass is 19.4. The first-order valence-electron chi connectivity index (χ1n) is 5.82. The maximum atomic E-state index is 12.0. The number of alkyl halides is 3. The van der Waals surface area contributed by atoms with Crippen molar-refractivity contribution in [3.63, 3.8) is 0 Å². The Bertz CT molecular complexity index is 450. The van der Waals surface area contributed by atoms with Gasteiger partial charge in [0.25, 0.3) is 0 Å². The van der Waals surface area contributed by atoms with Crippen LogP contribution in [-0.4, -0.2) is 36.5 Å². The first kappa shape index (κ1) is 13.7. The van der Waals surface area contributed by atoms with Gasteiger partial charge in [-0.05, 0) is 6.92 Å². The van der Waals surface area contributed by atoms with Crippen molar-refractivity contribution in [3.8, 4) is 0 Å². The van der Waals surface area contributed by atoms with Gasteiger partial charge in [0, 0.05) is 32.0 Å². The van der Waals surface area contributed by atoms with E-state index >= 15 is 0 Å². The molecule has 0 saturated carbocycles. The maximum absolute atomic E-state index is 12.0. The van der Waals surface area contributed by atoms with Crippen LogP contribution in [0.4, 0.5) is 19.0 Å². The summed E-state index contributed by atoms with van der Waals surface area (Å²) >= 11 is 0. The molecule has 0 aromatic carbocycles. The molecular formula is C11H13F3N2O3. The molecule has 1 aromatic heterocycles. The average Bonchev–Trinajstić information content (AvgIpc) is 2.75. The normalized spacial score (nSPS) is 17.6. The molecule has 1 aliphatic rings. The zero-order valence-electron chi connectivity index (χ0n) is 10.2. The molecule has 1 aromatic rings. The van der Waals surface area contributed by atoms with Gasteiger partial charge in [0.05, 0.1) is 0 Å². The van der Waals surface area contributed by atoms with Crippen molar-refractivity contribution in [2.45, 2.75) is 32.0 Å². The monoisotopic (exact) mass is 278 g/mol. The number of hydrogen-bond donors (Lipinski definition) is 0. The molecule has 0 unspecified atom stereocenters. The van der Waals surface area contributed by atoms with Gasteiger partial charge in [0.15, 0.2) is 5.82 Å². The minimum absolute atomic E-state index is 0.341. The molecular weight excluding hydrogens is 265 g/mol. The molecule has 0 amide bonds. The molecule has 0 spiro atoms. The van der Waals surface area contributed by atoms with Crippen LogP contribution in [0.2, 0.25) is 0 Å². The van der Waals surface area contributed by atoms with Crippen LogP contribution in [-0.2, 0) is 9.53 Å². The fraction of sp³-hybridized carbons (Fsp3) is 0.636. The Morgan fingerprint density at radius 2 is 2.11 bits per heavy atom. The van der Waals surface area contributed by atoms with Crippen LogP contribution >= 0.6 is 0 Å². The Kier molecular flexibility index (Phi) is 3.68. The van der Waals surface area contributed by atoms with Crippen molar-refractivity contribution < 1.29 is 27.2 Å². The predicted octanol–water partition coefficient (Wildman–Crippen LogP) is 2.06. The van der Waals surface area contributed by atoms with E-state index in [4.69, 9.17) is 4.52 Å². The van der Waals surface area contributed by atoms with Crippen molar-refractivity contribution in [3.05, 3.63) is 11.8 Å². The number of rotatable bonds is 2. The number of aryl methyl sites for hydroxylation is 1. The molecule has 0 bridgehead atoms. The number of ether oxygens (including phenoxy) is 1. The molecule has 1 fully saturated rings. The zero-order valence-corrected chi connectivity index (χ0v) is 10.2. The summed E-state index contributed by atoms with van der Waals surface area (Å²) in [6.45, 7) is 2.71. The third-order valence-corrected chi connectivity index (χ3v) is 2.89. The fourth-order valence-corrected chi connectivity index (χ4v) is 1.92. The first-order chi connectivity index (χ1) is 8.86. The number of esters is 1. The molecule has 0 aliphatic carbocycles. The lowest BCUT2D eigenvalue weighted by Gasteiger charge is -2.31. The number of hydrogen-bond acceptors (Lipinski definition) is 5. The van der Waals surface area contributed by atoms with Crippen molar-refractivity contribution in [1.82, 2.24) is 5.16 Å². The van der Waals surface area contributed by atoms with Crippen molar-refractivity contribution in [1.29, 1.82) is 0 Å². The summed E-state index contributed by atoms with van der Waals surface area (Å²) in [5, 5.41) is 3.83. The van der Waals surface area contributed by atoms with Crippen molar-refractivity contribution in [2.24, 2.45) is 0 Å². The van der Waals surface area contributed by atoms with Crippen LogP contribution in [0.1, 0.15) is 18.6 Å². The molecule has 106 valence electrons. The van der Waals surface area contributed by atoms with Crippen LogP contribution in [0.25, 0.3) is 0 Å². The number of anilines is 1. The smallest absolute Gasteiger partial charge is 0.456 e. The average molecular weight is 278 g/mol. The lowest BCUT2D eigenvalue weighted by molar-refractivity contribution is -0.205. The van der Waals surface area contributed by atoms with Gasteiger partial charge >= 0.3 is 12.1 Å². The molecule has 5 nitrogen and oxygen atoms in total. The van der Waals surface area contributed by atoms with Crippen molar-refractivity contribution >= 4 is 11.8 Å². The molecule has 1 saturated heterocycles. The number of halogens is 3. The van der Waals surface area contributed by atoms with Gasteiger partial charge in [-0.25, -0.2) is 4.79 Å². The zero-order chi connectivity index (χ0) is 14.0. The molecule has 8 heteroatoms. The van der Waals surface area contributed by atoms with Gasteiger partial charge in [-0.15, -0.1) is 0 Å². The van der Waals surface area contributed by atoms with Crippen molar-refractivity contribution in [2.75, 3.05) is 18.0 Å². The summed E-state index contributed by atoms with van der Waals surface area (Å²) in [6, 6.07) is 1.75. The van der Waals surface area contributed by atoms with E-state index in [1.54, 1.807) is 13.0 Å². The number of carbonyl (C=O) groups is 1. The number of aromatic nitrogens is 1. The van der Waals surface area contributed by atoms with Gasteiger partial charge in [-0.1, -0.05) is 5.16 Å². The lowest BCUT2D eigenvalue weighted by atomic mass is 10.1. The van der Waals surface area contributed by atoms with E-state index in [1.165, 1.54) is 0 Å². The second-order valence-corrected chi connectivity index (χ2v) is 4.39. The Balaban J connectivity index is 1.84. The number of carbonyl (C=O) groups excluding carboxylic acids is 1. The van der Waals surface area contributed by atoms with Gasteiger partial charge in [0.2, 0.25) is 0 Å². The van der Waals surface area contributed by atoms with E-state index in [2.05, 4.69) is 9.89 Å². The van der Waals surface area contributed by atoms with Crippen LogP contribution in [0.15, 0.2) is 10.6 Å². The van der Waals surface area contributed by atoms with Gasteiger partial charge in [-0.3, -0.25) is 0 Å². The minimum atomic E-state index is -4.93. The minimum Gasteiger partial charge on any atom is -0.456 e. The molecule has 2 heterocycles. The Morgan fingerprint density at radius 3 is 2.58 bits per heavy atom. The van der Waals surface area contributed by atoms with E-state index in [0.29, 0.717) is 37.5 Å². The predicted molar refractivity (Wildman–Crippen MR) is 58.6 cm³/mol. The second-order valence-electron chi connectivity index (χ2n) is 4.39. The molecule has 2 rings (SSSR count). The van der Waals surface area contributed by atoms with Gasteiger partial charge < -0.3 is 14.2 Å². The standard InChI is InChI=1S/C11H13F3N2O3/c1-7-6-9(15-19-7)16-4-2-8(3-5-16)18-10(17)11(12,13)14/h6,8H,2-5H2,1H3. The van der Waals surface area contributed by atoms with E-state index in [1.807, 2.05) is 4.90 Å². The third-order valence-electron chi connectivity index (χ3n) is 2.89. The Labute approximate surface area is 107 Å². The third kappa shape index (κ3) is 3.39. The van der Waals surface area contributed by atoms with Gasteiger partial charge in [0.1, 0.15) is 11.9 Å². The van der Waals surface area contributed by atoms with E-state index in [9.17, 15) is 18.0 Å². The van der Waals surface area contributed by atoms with Gasteiger partial charge in [-0.2, -0.15) is 13.2 Å². The summed E-state index contributed by atoms with van der Waals surface area (Å²) in [5.74, 6) is -0.804. The second kappa shape index (κ2) is 5.10. The highest BCUT2D eigenvalue weighted by Gasteiger charge is 2.42. The molecule has 19 heavy (non-hydrogen) atoms. The highest BCUT2D eigenvalue weighted by molar-refractivity contribution is 5.75.